The van der Waals surface area contributed by atoms with Crippen LogP contribution in [0.15, 0.2) is 60.8 Å². The van der Waals surface area contributed by atoms with Crippen LogP contribution in [-0.4, -0.2) is 65.0 Å². The Morgan fingerprint density at radius 3 is 2.31 bits per heavy atom. The van der Waals surface area contributed by atoms with E-state index in [0.717, 1.165) is 22.0 Å². The SMILES string of the molecule is NCCCCC(NC(=O)C(N)Cc1c[nH]c2ccccc12)C(=O)NCC(=O)NC(Cc1ccccc1)C(=O)O. The van der Waals surface area contributed by atoms with Gasteiger partial charge in [-0.3, -0.25) is 14.4 Å². The average molecular weight is 537 g/mol. The lowest BCUT2D eigenvalue weighted by molar-refractivity contribution is -0.141. The zero-order chi connectivity index (χ0) is 28.2. The largest absolute Gasteiger partial charge is 0.480 e. The fourth-order valence-corrected chi connectivity index (χ4v) is 4.26. The van der Waals surface area contributed by atoms with Crippen LogP contribution in [0.3, 0.4) is 0 Å². The summed E-state index contributed by atoms with van der Waals surface area (Å²) in [4.78, 5) is 53.0. The number of aliphatic carboxylic acids is 1. The van der Waals surface area contributed by atoms with Crippen molar-refractivity contribution in [1.82, 2.24) is 20.9 Å². The first-order valence-corrected chi connectivity index (χ1v) is 12.9. The van der Waals surface area contributed by atoms with Crippen molar-refractivity contribution in [2.75, 3.05) is 13.1 Å². The number of H-pyrrole nitrogens is 1. The fraction of sp³-hybridized carbons (Fsp3) is 0.357. The minimum Gasteiger partial charge on any atom is -0.480 e. The van der Waals surface area contributed by atoms with E-state index in [1.54, 1.807) is 24.3 Å². The monoisotopic (exact) mass is 536 g/mol. The van der Waals surface area contributed by atoms with Crippen LogP contribution in [0, 0.1) is 0 Å². The van der Waals surface area contributed by atoms with E-state index in [1.807, 2.05) is 36.5 Å². The van der Waals surface area contributed by atoms with Crippen LogP contribution in [-0.2, 0) is 32.0 Å². The number of carbonyl (C=O) groups excluding carboxylic acids is 3. The number of aromatic nitrogens is 1. The van der Waals surface area contributed by atoms with Crippen molar-refractivity contribution in [2.45, 2.75) is 50.2 Å². The number of unbranched alkanes of at least 4 members (excludes halogenated alkanes) is 1. The number of carboxylic acids is 1. The third kappa shape index (κ3) is 8.94. The van der Waals surface area contributed by atoms with Gasteiger partial charge in [-0.25, -0.2) is 4.79 Å². The Bertz CT molecular complexity index is 1260. The summed E-state index contributed by atoms with van der Waals surface area (Å²) >= 11 is 0. The van der Waals surface area contributed by atoms with E-state index in [2.05, 4.69) is 20.9 Å². The number of rotatable bonds is 15. The summed E-state index contributed by atoms with van der Waals surface area (Å²) < 4.78 is 0. The normalized spacial score (nSPS) is 13.3. The number of amides is 3. The minimum absolute atomic E-state index is 0.0992. The maximum atomic E-state index is 12.9. The van der Waals surface area contributed by atoms with Gasteiger partial charge >= 0.3 is 5.97 Å². The van der Waals surface area contributed by atoms with Gasteiger partial charge in [0, 0.05) is 23.5 Å². The van der Waals surface area contributed by atoms with Crippen LogP contribution < -0.4 is 27.4 Å². The molecule has 0 radical (unpaired) electrons. The Kier molecular flexibility index (Phi) is 11.0. The fourth-order valence-electron chi connectivity index (χ4n) is 4.26. The Morgan fingerprint density at radius 1 is 0.872 bits per heavy atom. The van der Waals surface area contributed by atoms with Gasteiger partial charge in [-0.15, -0.1) is 0 Å². The predicted molar refractivity (Wildman–Crippen MR) is 148 cm³/mol. The smallest absolute Gasteiger partial charge is 0.326 e. The summed E-state index contributed by atoms with van der Waals surface area (Å²) in [6, 6.07) is 13.6. The van der Waals surface area contributed by atoms with Gasteiger partial charge in [-0.1, -0.05) is 48.5 Å². The molecule has 0 aliphatic rings. The molecule has 3 amide bonds. The summed E-state index contributed by atoms with van der Waals surface area (Å²) in [7, 11) is 0. The molecule has 3 rings (SSSR count). The van der Waals surface area contributed by atoms with E-state index >= 15 is 0 Å². The Balaban J connectivity index is 1.55. The topological polar surface area (TPSA) is 192 Å². The van der Waals surface area contributed by atoms with Gasteiger partial charge < -0.3 is 37.5 Å². The Morgan fingerprint density at radius 2 is 1.59 bits per heavy atom. The maximum absolute atomic E-state index is 12.9. The molecule has 0 saturated heterocycles. The standard InChI is InChI=1S/C28H36N6O5/c29-13-7-6-12-23(34-26(36)21(30)15-19-16-31-22-11-5-4-10-20(19)22)27(37)32-17-25(35)33-24(28(38)39)14-18-8-2-1-3-9-18/h1-5,8-11,16,21,23-24,31H,6-7,12-15,17,29-30H2,(H,32,37)(H,33,35)(H,34,36)(H,38,39). The lowest BCUT2D eigenvalue weighted by Gasteiger charge is -2.21. The first kappa shape index (κ1) is 29.3. The molecule has 0 aliphatic heterocycles. The third-order valence-electron chi connectivity index (χ3n) is 6.37. The van der Waals surface area contributed by atoms with Crippen molar-refractivity contribution in [2.24, 2.45) is 11.5 Å². The number of carbonyl (C=O) groups is 4. The summed E-state index contributed by atoms with van der Waals surface area (Å²) in [5, 5.41) is 18.1. The number of hydrogen-bond acceptors (Lipinski definition) is 6. The van der Waals surface area contributed by atoms with Gasteiger partial charge in [-0.2, -0.15) is 0 Å². The number of benzene rings is 2. The Labute approximate surface area is 226 Å². The first-order chi connectivity index (χ1) is 18.8. The highest BCUT2D eigenvalue weighted by Crippen LogP contribution is 2.18. The van der Waals surface area contributed by atoms with Crippen LogP contribution in [0.5, 0.6) is 0 Å². The van der Waals surface area contributed by atoms with E-state index in [4.69, 9.17) is 11.5 Å². The third-order valence-corrected chi connectivity index (χ3v) is 6.37. The van der Waals surface area contributed by atoms with Gasteiger partial charge in [0.25, 0.3) is 0 Å². The molecule has 9 N–H and O–H groups in total. The van der Waals surface area contributed by atoms with Crippen LogP contribution in [0.25, 0.3) is 10.9 Å². The maximum Gasteiger partial charge on any atom is 0.326 e. The van der Waals surface area contributed by atoms with Gasteiger partial charge in [-0.05, 0) is 49.4 Å². The molecule has 3 atom stereocenters. The average Bonchev–Trinajstić information content (AvgIpc) is 3.34. The molecule has 0 fully saturated rings. The zero-order valence-corrected chi connectivity index (χ0v) is 21.7. The van der Waals surface area contributed by atoms with Crippen molar-refractivity contribution in [3.8, 4) is 0 Å². The van der Waals surface area contributed by atoms with E-state index < -0.39 is 48.4 Å². The van der Waals surface area contributed by atoms with E-state index in [0.29, 0.717) is 25.8 Å². The highest BCUT2D eigenvalue weighted by molar-refractivity contribution is 5.93. The molecule has 0 spiro atoms. The molecule has 0 bridgehead atoms. The number of fused-ring (bicyclic) bond motifs is 1. The second kappa shape index (κ2) is 14.6. The minimum atomic E-state index is -1.19. The van der Waals surface area contributed by atoms with E-state index in [-0.39, 0.29) is 12.8 Å². The lowest BCUT2D eigenvalue weighted by atomic mass is 10.0. The molecular weight excluding hydrogens is 500 g/mol. The molecule has 1 aromatic heterocycles. The molecular formula is C28H36N6O5. The molecule has 0 aliphatic carbocycles. The van der Waals surface area contributed by atoms with Crippen molar-refractivity contribution >= 4 is 34.6 Å². The van der Waals surface area contributed by atoms with Crippen LogP contribution >= 0.6 is 0 Å². The molecule has 3 unspecified atom stereocenters. The molecule has 11 heteroatoms. The summed E-state index contributed by atoms with van der Waals surface area (Å²) in [5.74, 6) is -2.90. The molecule has 3 aromatic rings. The van der Waals surface area contributed by atoms with Crippen molar-refractivity contribution < 1.29 is 24.3 Å². The van der Waals surface area contributed by atoms with Crippen LogP contribution in [0.1, 0.15) is 30.4 Å². The van der Waals surface area contributed by atoms with Crippen molar-refractivity contribution in [3.05, 3.63) is 71.9 Å². The lowest BCUT2D eigenvalue weighted by Crippen LogP contribution is -2.54. The molecule has 11 nitrogen and oxygen atoms in total. The molecule has 2 aromatic carbocycles. The van der Waals surface area contributed by atoms with Gasteiger partial charge in [0.05, 0.1) is 12.6 Å². The van der Waals surface area contributed by atoms with E-state index in [1.165, 1.54) is 0 Å². The number of nitrogens with one attached hydrogen (secondary N) is 4. The molecule has 39 heavy (non-hydrogen) atoms. The number of aromatic amines is 1. The first-order valence-electron chi connectivity index (χ1n) is 12.9. The van der Waals surface area contributed by atoms with Gasteiger partial charge in [0.2, 0.25) is 17.7 Å². The second-order valence-corrected chi connectivity index (χ2v) is 9.38. The number of para-hydroxylation sites is 1. The molecule has 0 saturated carbocycles. The van der Waals surface area contributed by atoms with Crippen LogP contribution in [0.2, 0.25) is 0 Å². The summed E-state index contributed by atoms with van der Waals surface area (Å²) in [5.41, 5.74) is 14.3. The predicted octanol–water partition coefficient (Wildman–Crippen LogP) is 0.580. The Hall–Kier alpha value is -4.22. The summed E-state index contributed by atoms with van der Waals surface area (Å²) in [6.45, 7) is -0.00911. The number of nitrogens with two attached hydrogens (primary N) is 2. The number of hydrogen-bond donors (Lipinski definition) is 7. The summed E-state index contributed by atoms with van der Waals surface area (Å²) in [6.07, 6.45) is 3.72. The van der Waals surface area contributed by atoms with E-state index in [9.17, 15) is 24.3 Å². The van der Waals surface area contributed by atoms with Crippen LogP contribution in [0.4, 0.5) is 0 Å². The second-order valence-electron chi connectivity index (χ2n) is 9.38. The van der Waals surface area contributed by atoms with Gasteiger partial charge in [0.1, 0.15) is 12.1 Å². The highest BCUT2D eigenvalue weighted by Gasteiger charge is 2.26. The number of carboxylic acid groups (broad SMARTS) is 1. The van der Waals surface area contributed by atoms with Crippen molar-refractivity contribution in [3.63, 3.8) is 0 Å². The molecule has 208 valence electrons. The van der Waals surface area contributed by atoms with Gasteiger partial charge in [0.15, 0.2) is 0 Å². The quantitative estimate of drug-likeness (QED) is 0.138. The van der Waals surface area contributed by atoms with Crippen molar-refractivity contribution in [1.29, 1.82) is 0 Å². The zero-order valence-electron chi connectivity index (χ0n) is 21.7. The highest BCUT2D eigenvalue weighted by atomic mass is 16.4. The molecule has 1 heterocycles.